The van der Waals surface area contributed by atoms with Crippen LogP contribution in [0.2, 0.25) is 10.0 Å². The number of ether oxygens (including phenoxy) is 1. The summed E-state index contributed by atoms with van der Waals surface area (Å²) in [6.45, 7) is 0. The molecule has 0 fully saturated rings. The molecule has 0 aromatic heterocycles. The third-order valence-corrected chi connectivity index (χ3v) is 5.40. The molecule has 0 spiro atoms. The van der Waals surface area contributed by atoms with E-state index in [1.165, 1.54) is 31.3 Å². The van der Waals surface area contributed by atoms with E-state index in [1.54, 1.807) is 12.1 Å². The minimum absolute atomic E-state index is 0.0145. The Kier molecular flexibility index (Phi) is 4.76. The van der Waals surface area contributed by atoms with Crippen LogP contribution in [0.25, 0.3) is 5.76 Å². The molecule has 2 N–H and O–H groups in total. The lowest BCUT2D eigenvalue weighted by Crippen LogP contribution is -2.34. The van der Waals surface area contributed by atoms with Crippen LogP contribution in [0.3, 0.4) is 0 Å². The molecule has 1 atom stereocenters. The zero-order valence-corrected chi connectivity index (χ0v) is 16.7. The van der Waals surface area contributed by atoms with Gasteiger partial charge >= 0.3 is 5.70 Å². The van der Waals surface area contributed by atoms with Crippen molar-refractivity contribution in [1.29, 1.82) is 0 Å². The lowest BCUT2D eigenvalue weighted by atomic mass is 9.77. The van der Waals surface area contributed by atoms with Crippen molar-refractivity contribution in [2.45, 2.75) is 5.92 Å². The van der Waals surface area contributed by atoms with Gasteiger partial charge in [-0.25, -0.2) is 0 Å². The summed E-state index contributed by atoms with van der Waals surface area (Å²) in [6.07, 6.45) is 0. The second-order valence-corrected chi connectivity index (χ2v) is 7.37. The summed E-state index contributed by atoms with van der Waals surface area (Å²) in [7, 11) is 1.39. The molecule has 0 saturated carbocycles. The quantitative estimate of drug-likeness (QED) is 0.417. The highest BCUT2D eigenvalue weighted by molar-refractivity contribution is 6.52. The van der Waals surface area contributed by atoms with Gasteiger partial charge in [0.2, 0.25) is 11.6 Å². The highest BCUT2D eigenvalue weighted by atomic mass is 35.5. The lowest BCUT2D eigenvalue weighted by molar-refractivity contribution is -0.432. The maximum absolute atomic E-state index is 13.0. The molecule has 0 amide bonds. The second-order valence-electron chi connectivity index (χ2n) is 6.53. The predicted molar refractivity (Wildman–Crippen MR) is 108 cm³/mol. The van der Waals surface area contributed by atoms with Crippen LogP contribution in [0.4, 0.5) is 0 Å². The van der Waals surface area contributed by atoms with Crippen LogP contribution in [-0.4, -0.2) is 28.6 Å². The number of nitrogens with one attached hydrogen (secondary N) is 1. The zero-order valence-electron chi connectivity index (χ0n) is 15.2. The molecule has 2 aromatic carbocycles. The number of hydrogen-bond acceptors (Lipinski definition) is 7. The van der Waals surface area contributed by atoms with E-state index < -0.39 is 39.4 Å². The van der Waals surface area contributed by atoms with Crippen LogP contribution in [-0.2, 0) is 4.79 Å². The normalized spacial score (nSPS) is 18.0. The summed E-state index contributed by atoms with van der Waals surface area (Å²) >= 11 is 12.3. The third kappa shape index (κ3) is 2.84. The Morgan fingerprint density at radius 1 is 1.13 bits per heavy atom. The Hall–Kier alpha value is -3.36. The fourth-order valence-corrected chi connectivity index (χ4v) is 4.20. The summed E-state index contributed by atoms with van der Waals surface area (Å²) < 4.78 is 5.56. The minimum atomic E-state index is -1.45. The van der Waals surface area contributed by atoms with E-state index in [-0.39, 0.29) is 38.4 Å². The molecular formula is C20H12Cl2N2O6. The van der Waals surface area contributed by atoms with Crippen LogP contribution < -0.4 is 10.1 Å². The zero-order chi connectivity index (χ0) is 21.7. The van der Waals surface area contributed by atoms with Gasteiger partial charge in [0.15, 0.2) is 5.75 Å². The maximum Gasteiger partial charge on any atom is 0.317 e. The smallest absolute Gasteiger partial charge is 0.317 e. The van der Waals surface area contributed by atoms with E-state index in [0.717, 1.165) is 0 Å². The minimum Gasteiger partial charge on any atom is -0.507 e. The van der Waals surface area contributed by atoms with Crippen LogP contribution in [0.5, 0.6) is 5.75 Å². The van der Waals surface area contributed by atoms with E-state index >= 15 is 0 Å². The van der Waals surface area contributed by atoms with Crippen molar-refractivity contribution in [2.24, 2.45) is 0 Å². The van der Waals surface area contributed by atoms with Gasteiger partial charge < -0.3 is 15.2 Å². The summed E-state index contributed by atoms with van der Waals surface area (Å²) in [6, 6.07) is 8.70. The van der Waals surface area contributed by atoms with Crippen LogP contribution in [0.1, 0.15) is 27.4 Å². The number of aliphatic hydroxyl groups is 1. The number of aliphatic hydroxyl groups excluding tert-OH is 1. The number of halogens is 2. The van der Waals surface area contributed by atoms with Gasteiger partial charge in [0.05, 0.1) is 15.5 Å². The van der Waals surface area contributed by atoms with Crippen molar-refractivity contribution in [2.75, 3.05) is 7.05 Å². The molecule has 8 nitrogen and oxygen atoms in total. The highest BCUT2D eigenvalue weighted by Crippen LogP contribution is 2.49. The van der Waals surface area contributed by atoms with Crippen molar-refractivity contribution >= 4 is 40.5 Å². The average molecular weight is 447 g/mol. The number of Topliss-reactive ketones (excluding diaryl/α,β-unsaturated/α-hetero) is 2. The van der Waals surface area contributed by atoms with Crippen LogP contribution in [0, 0.1) is 10.1 Å². The largest absolute Gasteiger partial charge is 0.507 e. The lowest BCUT2D eigenvalue weighted by Gasteiger charge is -2.29. The van der Waals surface area contributed by atoms with Crippen LogP contribution >= 0.6 is 23.2 Å². The van der Waals surface area contributed by atoms with Gasteiger partial charge in [-0.1, -0.05) is 47.5 Å². The Bertz CT molecular complexity index is 1220. The van der Waals surface area contributed by atoms with E-state index in [1.807, 2.05) is 0 Å². The van der Waals surface area contributed by atoms with Crippen molar-refractivity contribution < 1.29 is 24.4 Å². The number of nitrogens with zero attached hydrogens (tertiary/aromatic N) is 1. The number of allylic oxidation sites excluding steroid dienone is 1. The van der Waals surface area contributed by atoms with Gasteiger partial charge in [-0.15, -0.1) is 0 Å². The molecule has 0 radical (unpaired) electrons. The SMILES string of the molecule is CNC1=C([N+](=O)[O-])C(C2=C(O)c3ccccc3C(=O)C2=O)c2cc(Cl)cc(Cl)c2O1. The first-order chi connectivity index (χ1) is 14.3. The molecule has 1 heterocycles. The number of rotatable bonds is 3. The van der Waals surface area contributed by atoms with E-state index in [2.05, 4.69) is 5.32 Å². The Morgan fingerprint density at radius 2 is 1.80 bits per heavy atom. The molecule has 1 aliphatic heterocycles. The average Bonchev–Trinajstić information content (AvgIpc) is 2.71. The van der Waals surface area contributed by atoms with Crippen molar-refractivity contribution in [3.8, 4) is 5.75 Å². The molecular weight excluding hydrogens is 435 g/mol. The van der Waals surface area contributed by atoms with E-state index in [4.69, 9.17) is 27.9 Å². The Morgan fingerprint density at radius 3 is 2.43 bits per heavy atom. The number of hydrogen-bond donors (Lipinski definition) is 2. The van der Waals surface area contributed by atoms with Gasteiger partial charge in [0, 0.05) is 28.8 Å². The molecule has 10 heteroatoms. The monoisotopic (exact) mass is 446 g/mol. The third-order valence-electron chi connectivity index (χ3n) is 4.90. The van der Waals surface area contributed by atoms with Gasteiger partial charge in [-0.3, -0.25) is 19.7 Å². The first-order valence-corrected chi connectivity index (χ1v) is 9.36. The Labute approximate surface area is 179 Å². The summed E-state index contributed by atoms with van der Waals surface area (Å²) in [5.74, 6) is -4.17. The van der Waals surface area contributed by atoms with Gasteiger partial charge in [0.25, 0.3) is 5.88 Å². The van der Waals surface area contributed by atoms with Crippen LogP contribution in [0.15, 0.2) is 53.6 Å². The molecule has 1 aliphatic carbocycles. The van der Waals surface area contributed by atoms with Gasteiger partial charge in [-0.05, 0) is 12.1 Å². The maximum atomic E-state index is 13.0. The Balaban J connectivity index is 2.10. The highest BCUT2D eigenvalue weighted by Gasteiger charge is 2.48. The first kappa shape index (κ1) is 19.9. The van der Waals surface area contributed by atoms with E-state index in [9.17, 15) is 24.8 Å². The number of benzene rings is 2. The fourth-order valence-electron chi connectivity index (χ4n) is 3.65. The van der Waals surface area contributed by atoms with Crippen molar-refractivity contribution in [1.82, 2.24) is 5.32 Å². The standard InChI is InChI=1S/C20H12Cl2N2O6/c1-23-20-15(24(28)29)13(11-6-8(21)7-12(22)19(11)30-20)14-16(25)9-4-2-3-5-10(9)17(26)18(14)27/h2-7,13,23,25H,1H3. The van der Waals surface area contributed by atoms with Gasteiger partial charge in [-0.2, -0.15) is 0 Å². The molecule has 0 bridgehead atoms. The fraction of sp³-hybridized carbons (Fsp3) is 0.100. The number of carbonyl (C=O) groups is 2. The number of fused-ring (bicyclic) bond motifs is 2. The number of nitro groups is 1. The number of carbonyl (C=O) groups excluding carboxylic acids is 2. The predicted octanol–water partition coefficient (Wildman–Crippen LogP) is 3.87. The molecule has 2 aromatic rings. The molecule has 4 rings (SSSR count). The molecule has 2 aliphatic rings. The van der Waals surface area contributed by atoms with E-state index in [0.29, 0.717) is 0 Å². The summed E-state index contributed by atoms with van der Waals surface area (Å²) in [5, 5.41) is 25.6. The summed E-state index contributed by atoms with van der Waals surface area (Å²) in [4.78, 5) is 36.9. The topological polar surface area (TPSA) is 119 Å². The molecule has 30 heavy (non-hydrogen) atoms. The van der Waals surface area contributed by atoms with Gasteiger partial charge in [0.1, 0.15) is 11.7 Å². The number of ketones is 2. The second kappa shape index (κ2) is 7.16. The molecule has 0 saturated heterocycles. The van der Waals surface area contributed by atoms with Crippen molar-refractivity contribution in [3.05, 3.63) is 90.4 Å². The summed E-state index contributed by atoms with van der Waals surface area (Å²) in [5.41, 5.74) is -0.806. The molecule has 1 unspecified atom stereocenters. The van der Waals surface area contributed by atoms with Crippen molar-refractivity contribution in [3.63, 3.8) is 0 Å². The first-order valence-electron chi connectivity index (χ1n) is 8.60. The molecule has 152 valence electrons.